The van der Waals surface area contributed by atoms with E-state index >= 15 is 0 Å². The van der Waals surface area contributed by atoms with Crippen molar-refractivity contribution in [1.29, 1.82) is 0 Å². The minimum Gasteiger partial charge on any atom is -0.478 e. The number of benzene rings is 2. The Labute approximate surface area is 118 Å². The van der Waals surface area contributed by atoms with Crippen molar-refractivity contribution in [2.45, 2.75) is 9.79 Å². The van der Waals surface area contributed by atoms with E-state index in [4.69, 9.17) is 10.2 Å². The molecule has 0 aromatic heterocycles. The van der Waals surface area contributed by atoms with E-state index in [-0.39, 0.29) is 11.1 Å². The fourth-order valence-electron chi connectivity index (χ4n) is 1.96. The monoisotopic (exact) mass is 287 g/mol. The van der Waals surface area contributed by atoms with Gasteiger partial charge in [0.25, 0.3) is 0 Å². The van der Waals surface area contributed by atoms with Gasteiger partial charge in [-0.3, -0.25) is 0 Å². The zero-order chi connectivity index (χ0) is 14.3. The fraction of sp³-hybridized carbons (Fsp3) is 0. The molecule has 0 radical (unpaired) electrons. The number of hydrogen-bond donors (Lipinski definition) is 3. The van der Waals surface area contributed by atoms with Crippen LogP contribution in [-0.2, 0) is 0 Å². The van der Waals surface area contributed by atoms with Crippen LogP contribution >= 0.6 is 11.8 Å². The maximum atomic E-state index is 11.0. The number of fused-ring (bicyclic) bond motifs is 2. The van der Waals surface area contributed by atoms with E-state index in [1.54, 1.807) is 36.4 Å². The molecule has 0 saturated heterocycles. The van der Waals surface area contributed by atoms with Gasteiger partial charge in [0.1, 0.15) is 0 Å². The quantitative estimate of drug-likeness (QED) is 0.670. The maximum absolute atomic E-state index is 11.0. The zero-order valence-electron chi connectivity index (χ0n) is 10.1. The van der Waals surface area contributed by atoms with Crippen LogP contribution in [0.15, 0.2) is 46.2 Å². The first-order valence-corrected chi connectivity index (χ1v) is 6.56. The molecule has 2 aromatic carbocycles. The lowest BCUT2D eigenvalue weighted by Crippen LogP contribution is -2.05. The van der Waals surface area contributed by atoms with E-state index < -0.39 is 11.9 Å². The van der Waals surface area contributed by atoms with E-state index in [9.17, 15) is 9.59 Å². The molecule has 3 rings (SSSR count). The van der Waals surface area contributed by atoms with Gasteiger partial charge in [-0.2, -0.15) is 0 Å². The van der Waals surface area contributed by atoms with Crippen molar-refractivity contribution in [3.05, 3.63) is 47.5 Å². The molecule has 0 amide bonds. The molecule has 6 heteroatoms. The number of hydrogen-bond acceptors (Lipinski definition) is 4. The SMILES string of the molecule is O=C(O)c1ccc2c(c1)Nc1cc(C(=O)O)ccc1S2. The summed E-state index contributed by atoms with van der Waals surface area (Å²) in [5.74, 6) is -1.99. The van der Waals surface area contributed by atoms with Gasteiger partial charge < -0.3 is 15.5 Å². The smallest absolute Gasteiger partial charge is 0.335 e. The molecule has 1 aliphatic rings. The van der Waals surface area contributed by atoms with Crippen molar-refractivity contribution in [3.8, 4) is 0 Å². The van der Waals surface area contributed by atoms with Crippen LogP contribution < -0.4 is 5.32 Å². The molecule has 0 fully saturated rings. The van der Waals surface area contributed by atoms with Gasteiger partial charge in [-0.15, -0.1) is 0 Å². The van der Waals surface area contributed by atoms with E-state index in [0.717, 1.165) is 9.79 Å². The van der Waals surface area contributed by atoms with Gasteiger partial charge in [-0.1, -0.05) is 11.8 Å². The predicted octanol–water partition coefficient (Wildman–Crippen LogP) is 3.29. The average molecular weight is 287 g/mol. The van der Waals surface area contributed by atoms with Gasteiger partial charge in [0, 0.05) is 9.79 Å². The molecule has 0 unspecified atom stereocenters. The summed E-state index contributed by atoms with van der Waals surface area (Å²) in [5.41, 5.74) is 1.72. The molecule has 1 aliphatic heterocycles. The minimum atomic E-state index is -0.996. The van der Waals surface area contributed by atoms with Crippen LogP contribution in [0.1, 0.15) is 20.7 Å². The third kappa shape index (κ3) is 2.10. The Morgan fingerprint density at radius 2 is 1.30 bits per heavy atom. The van der Waals surface area contributed by atoms with Crippen molar-refractivity contribution in [1.82, 2.24) is 0 Å². The second kappa shape index (κ2) is 4.57. The summed E-state index contributed by atoms with van der Waals surface area (Å²) >= 11 is 1.47. The second-order valence-electron chi connectivity index (χ2n) is 4.26. The number of carbonyl (C=O) groups is 2. The van der Waals surface area contributed by atoms with Crippen molar-refractivity contribution >= 4 is 35.1 Å². The molecule has 3 N–H and O–H groups in total. The summed E-state index contributed by atoms with van der Waals surface area (Å²) in [6, 6.07) is 9.66. The van der Waals surface area contributed by atoms with Crippen LogP contribution in [0.25, 0.3) is 0 Å². The molecule has 1 heterocycles. The number of anilines is 2. The summed E-state index contributed by atoms with van der Waals surface area (Å²) < 4.78 is 0. The highest BCUT2D eigenvalue weighted by molar-refractivity contribution is 7.99. The number of carboxylic acids is 2. The topological polar surface area (TPSA) is 86.6 Å². The predicted molar refractivity (Wildman–Crippen MR) is 74.2 cm³/mol. The molecule has 2 aromatic rings. The van der Waals surface area contributed by atoms with E-state index in [0.29, 0.717) is 11.4 Å². The first kappa shape index (κ1) is 12.6. The van der Waals surface area contributed by atoms with E-state index in [2.05, 4.69) is 5.32 Å². The van der Waals surface area contributed by atoms with E-state index in [1.807, 2.05) is 0 Å². The van der Waals surface area contributed by atoms with Crippen LogP contribution in [0.4, 0.5) is 11.4 Å². The van der Waals surface area contributed by atoms with Gasteiger partial charge in [-0.05, 0) is 36.4 Å². The molecule has 100 valence electrons. The van der Waals surface area contributed by atoms with Crippen LogP contribution in [0.2, 0.25) is 0 Å². The Kier molecular flexibility index (Phi) is 2.87. The average Bonchev–Trinajstić information content (AvgIpc) is 2.43. The summed E-state index contributed by atoms with van der Waals surface area (Å²) in [5, 5.41) is 21.1. The Morgan fingerprint density at radius 1 is 0.850 bits per heavy atom. The highest BCUT2D eigenvalue weighted by atomic mass is 32.2. The van der Waals surface area contributed by atoms with Crippen molar-refractivity contribution in [2.75, 3.05) is 5.32 Å². The minimum absolute atomic E-state index is 0.190. The number of aromatic carboxylic acids is 2. The van der Waals surface area contributed by atoms with Gasteiger partial charge in [0.2, 0.25) is 0 Å². The van der Waals surface area contributed by atoms with Gasteiger partial charge in [-0.25, -0.2) is 9.59 Å². The highest BCUT2D eigenvalue weighted by Gasteiger charge is 2.18. The van der Waals surface area contributed by atoms with Crippen molar-refractivity contribution < 1.29 is 19.8 Å². The molecule has 0 atom stereocenters. The van der Waals surface area contributed by atoms with Crippen LogP contribution in [0.5, 0.6) is 0 Å². The summed E-state index contributed by atoms with van der Waals surface area (Å²) in [7, 11) is 0. The van der Waals surface area contributed by atoms with Crippen LogP contribution in [-0.4, -0.2) is 22.2 Å². The lowest BCUT2D eigenvalue weighted by Gasteiger charge is -2.21. The Balaban J connectivity index is 2.03. The van der Waals surface area contributed by atoms with E-state index in [1.165, 1.54) is 11.8 Å². The lowest BCUT2D eigenvalue weighted by atomic mass is 10.1. The number of nitrogens with one attached hydrogen (secondary N) is 1. The highest BCUT2D eigenvalue weighted by Crippen LogP contribution is 2.44. The summed E-state index contributed by atoms with van der Waals surface area (Å²) in [4.78, 5) is 23.7. The number of carboxylic acid groups (broad SMARTS) is 2. The first-order valence-electron chi connectivity index (χ1n) is 5.74. The molecular weight excluding hydrogens is 278 g/mol. The fourth-order valence-corrected chi connectivity index (χ4v) is 2.91. The van der Waals surface area contributed by atoms with Gasteiger partial charge >= 0.3 is 11.9 Å². The molecular formula is C14H9NO4S. The van der Waals surface area contributed by atoms with Gasteiger partial charge in [0.15, 0.2) is 0 Å². The molecule has 20 heavy (non-hydrogen) atoms. The molecule has 0 aliphatic carbocycles. The van der Waals surface area contributed by atoms with Crippen molar-refractivity contribution in [2.24, 2.45) is 0 Å². The van der Waals surface area contributed by atoms with Gasteiger partial charge in [0.05, 0.1) is 22.5 Å². The second-order valence-corrected chi connectivity index (χ2v) is 5.34. The lowest BCUT2D eigenvalue weighted by molar-refractivity contribution is 0.0686. The van der Waals surface area contributed by atoms with Crippen molar-refractivity contribution in [3.63, 3.8) is 0 Å². The molecule has 0 saturated carbocycles. The Morgan fingerprint density at radius 3 is 1.70 bits per heavy atom. The summed E-state index contributed by atoms with van der Waals surface area (Å²) in [6.07, 6.45) is 0. The third-order valence-electron chi connectivity index (χ3n) is 2.94. The first-order chi connectivity index (χ1) is 9.54. The summed E-state index contributed by atoms with van der Waals surface area (Å²) in [6.45, 7) is 0. The third-order valence-corrected chi connectivity index (χ3v) is 4.09. The largest absolute Gasteiger partial charge is 0.478 e. The van der Waals surface area contributed by atoms with Crippen LogP contribution in [0.3, 0.4) is 0 Å². The molecule has 5 nitrogen and oxygen atoms in total. The maximum Gasteiger partial charge on any atom is 0.335 e. The molecule has 0 bridgehead atoms. The Hall–Kier alpha value is -2.47. The van der Waals surface area contributed by atoms with Crippen LogP contribution in [0, 0.1) is 0 Å². The molecule has 0 spiro atoms. The number of rotatable bonds is 2. The Bertz CT molecular complexity index is 680. The standard InChI is InChI=1S/C14H9NO4S/c16-13(17)7-1-3-11-9(5-7)15-10-6-8(14(18)19)2-4-12(10)20-11/h1-6,15H,(H,16,17)(H,18,19). The zero-order valence-corrected chi connectivity index (χ0v) is 10.9. The normalized spacial score (nSPS) is 12.0.